The monoisotopic (exact) mass is 123 g/mol. The highest BCUT2D eigenvalue weighted by Gasteiger charge is 1.90. The second-order valence-corrected chi connectivity index (χ2v) is 1.96. The highest BCUT2D eigenvalue weighted by molar-refractivity contribution is 4.97. The van der Waals surface area contributed by atoms with Crippen LogP contribution in [0.2, 0.25) is 0 Å². The summed E-state index contributed by atoms with van der Waals surface area (Å²) in [4.78, 5) is 6.97. The molecule has 0 unspecified atom stereocenters. The highest BCUT2D eigenvalue weighted by Crippen LogP contribution is 1.96. The molecule has 0 aliphatic heterocycles. The minimum atomic E-state index is 0.986. The van der Waals surface area contributed by atoms with Crippen LogP contribution < -0.4 is 0 Å². The summed E-state index contributed by atoms with van der Waals surface area (Å²) < 4.78 is 0. The molecule has 0 amide bonds. The largest absolute Gasteiger partial charge is 0.351 e. The first kappa shape index (κ1) is 6.33. The van der Waals surface area contributed by atoms with Gasteiger partial charge in [0.15, 0.2) is 0 Å². The summed E-state index contributed by atoms with van der Waals surface area (Å²) in [5, 5.41) is 0. The molecule has 0 saturated heterocycles. The van der Waals surface area contributed by atoms with Crippen LogP contribution in [-0.4, -0.2) is 9.97 Å². The van der Waals surface area contributed by atoms with Gasteiger partial charge < -0.3 is 4.98 Å². The van der Waals surface area contributed by atoms with Crippen LogP contribution in [0.1, 0.15) is 19.0 Å². The number of unbranched alkanes of at least 4 members (excludes halogenated alkanes) is 1. The van der Waals surface area contributed by atoms with Crippen molar-refractivity contribution in [3.63, 3.8) is 0 Å². The van der Waals surface area contributed by atoms with E-state index in [0.717, 1.165) is 18.5 Å². The van der Waals surface area contributed by atoms with E-state index in [1.165, 1.54) is 0 Å². The lowest BCUT2D eigenvalue weighted by Crippen LogP contribution is -1.83. The summed E-state index contributed by atoms with van der Waals surface area (Å²) in [5.41, 5.74) is 1.12. The first-order chi connectivity index (χ1) is 4.43. The second kappa shape index (κ2) is 3.28. The number of nitrogens with one attached hydrogen (secondary N) is 1. The average Bonchev–Trinajstić information content (AvgIpc) is 2.34. The van der Waals surface area contributed by atoms with E-state index in [9.17, 15) is 0 Å². The molecule has 0 fully saturated rings. The summed E-state index contributed by atoms with van der Waals surface area (Å²) in [6.07, 6.45) is 7.94. The van der Waals surface area contributed by atoms with Gasteiger partial charge in [0.05, 0.1) is 12.0 Å². The molecule has 0 aromatic carbocycles. The maximum absolute atomic E-state index is 4.07. The molecule has 9 heavy (non-hydrogen) atoms. The van der Waals surface area contributed by atoms with Crippen LogP contribution in [0.4, 0.5) is 0 Å². The lowest BCUT2D eigenvalue weighted by molar-refractivity contribution is 0.970. The van der Waals surface area contributed by atoms with Gasteiger partial charge in [-0.2, -0.15) is 0 Å². The maximum Gasteiger partial charge on any atom is 0.0923 e. The number of hydrogen-bond donors (Lipinski definition) is 1. The zero-order chi connectivity index (χ0) is 6.53. The zero-order valence-corrected chi connectivity index (χ0v) is 5.59. The quantitative estimate of drug-likeness (QED) is 0.649. The van der Waals surface area contributed by atoms with E-state index in [1.54, 1.807) is 6.33 Å². The smallest absolute Gasteiger partial charge is 0.0923 e. The minimum absolute atomic E-state index is 0.986. The van der Waals surface area contributed by atoms with Gasteiger partial charge in [-0.05, 0) is 12.8 Å². The maximum atomic E-state index is 4.07. The van der Waals surface area contributed by atoms with Gasteiger partial charge in [-0.3, -0.25) is 0 Å². The molecular weight excluding hydrogens is 112 g/mol. The number of nitrogens with zero attached hydrogens (tertiary/aromatic N) is 1. The van der Waals surface area contributed by atoms with Crippen molar-refractivity contribution in [1.82, 2.24) is 9.97 Å². The Morgan fingerprint density at radius 2 is 2.67 bits per heavy atom. The van der Waals surface area contributed by atoms with Gasteiger partial charge in [-0.25, -0.2) is 4.98 Å². The SMILES string of the molecule is CC[CH]Cc1c[nH]cn1. The first-order valence-corrected chi connectivity index (χ1v) is 3.22. The van der Waals surface area contributed by atoms with Gasteiger partial charge in [-0.1, -0.05) is 13.3 Å². The van der Waals surface area contributed by atoms with Gasteiger partial charge in [0, 0.05) is 6.20 Å². The lowest BCUT2D eigenvalue weighted by Gasteiger charge is -1.88. The highest BCUT2D eigenvalue weighted by atomic mass is 14.9. The molecule has 1 radical (unpaired) electrons. The van der Waals surface area contributed by atoms with Crippen molar-refractivity contribution in [2.45, 2.75) is 19.8 Å². The van der Waals surface area contributed by atoms with Crippen molar-refractivity contribution >= 4 is 0 Å². The molecule has 1 aromatic heterocycles. The fourth-order valence-electron chi connectivity index (χ4n) is 0.695. The van der Waals surface area contributed by atoms with Crippen LogP contribution in [0, 0.1) is 6.42 Å². The summed E-state index contributed by atoms with van der Waals surface area (Å²) >= 11 is 0. The van der Waals surface area contributed by atoms with Crippen LogP contribution in [-0.2, 0) is 6.42 Å². The molecule has 1 aromatic rings. The molecule has 49 valence electrons. The van der Waals surface area contributed by atoms with Crippen LogP contribution in [0.25, 0.3) is 0 Å². The Morgan fingerprint density at radius 1 is 1.78 bits per heavy atom. The number of aromatic nitrogens is 2. The molecule has 0 atom stereocenters. The van der Waals surface area contributed by atoms with E-state index in [-0.39, 0.29) is 0 Å². The Hall–Kier alpha value is -0.790. The van der Waals surface area contributed by atoms with E-state index < -0.39 is 0 Å². The third-order valence-electron chi connectivity index (χ3n) is 1.20. The predicted octanol–water partition coefficient (Wildman–Crippen LogP) is 1.57. The molecule has 2 heteroatoms. The Kier molecular flexibility index (Phi) is 2.31. The fraction of sp³-hybridized carbons (Fsp3) is 0.429. The first-order valence-electron chi connectivity index (χ1n) is 3.22. The third-order valence-corrected chi connectivity index (χ3v) is 1.20. The summed E-state index contributed by atoms with van der Waals surface area (Å²) in [6.45, 7) is 2.13. The molecule has 0 spiro atoms. The van der Waals surface area contributed by atoms with Crippen molar-refractivity contribution in [3.8, 4) is 0 Å². The van der Waals surface area contributed by atoms with Crippen LogP contribution >= 0.6 is 0 Å². The average molecular weight is 123 g/mol. The predicted molar refractivity (Wildman–Crippen MR) is 36.9 cm³/mol. The molecule has 1 heterocycles. The fourth-order valence-corrected chi connectivity index (χ4v) is 0.695. The van der Waals surface area contributed by atoms with E-state index >= 15 is 0 Å². The van der Waals surface area contributed by atoms with Crippen molar-refractivity contribution < 1.29 is 0 Å². The van der Waals surface area contributed by atoms with E-state index in [2.05, 4.69) is 23.3 Å². The Bertz CT molecular complexity index is 144. The molecule has 1 rings (SSSR count). The minimum Gasteiger partial charge on any atom is -0.351 e. The number of rotatable bonds is 3. The number of H-pyrrole nitrogens is 1. The van der Waals surface area contributed by atoms with Gasteiger partial charge in [0.2, 0.25) is 0 Å². The normalized spacial score (nSPS) is 9.89. The molecule has 0 aliphatic rings. The van der Waals surface area contributed by atoms with Gasteiger partial charge >= 0.3 is 0 Å². The Labute approximate surface area is 55.3 Å². The van der Waals surface area contributed by atoms with Crippen LogP contribution in [0.15, 0.2) is 12.5 Å². The molecule has 0 bridgehead atoms. The standard InChI is InChI=1S/C7H11N2/c1-2-3-4-7-5-8-6-9-7/h3,5-6H,2,4H2,1H3,(H,8,9). The van der Waals surface area contributed by atoms with Crippen molar-refractivity contribution in [2.75, 3.05) is 0 Å². The Balaban J connectivity index is 2.30. The van der Waals surface area contributed by atoms with Crippen LogP contribution in [0.5, 0.6) is 0 Å². The van der Waals surface area contributed by atoms with Crippen molar-refractivity contribution in [1.29, 1.82) is 0 Å². The van der Waals surface area contributed by atoms with Crippen molar-refractivity contribution in [2.24, 2.45) is 0 Å². The van der Waals surface area contributed by atoms with E-state index in [1.807, 2.05) is 6.20 Å². The summed E-state index contributed by atoms with van der Waals surface area (Å²) in [5.74, 6) is 0. The van der Waals surface area contributed by atoms with Gasteiger partial charge in [0.1, 0.15) is 0 Å². The number of aromatic amines is 1. The second-order valence-electron chi connectivity index (χ2n) is 1.96. The van der Waals surface area contributed by atoms with Crippen molar-refractivity contribution in [3.05, 3.63) is 24.6 Å². The molecule has 0 saturated carbocycles. The number of imidazole rings is 1. The zero-order valence-electron chi connectivity index (χ0n) is 5.59. The third kappa shape index (κ3) is 1.88. The molecular formula is C7H11N2. The Morgan fingerprint density at radius 3 is 3.22 bits per heavy atom. The molecule has 2 nitrogen and oxygen atoms in total. The summed E-state index contributed by atoms with van der Waals surface area (Å²) in [7, 11) is 0. The summed E-state index contributed by atoms with van der Waals surface area (Å²) in [6, 6.07) is 0. The van der Waals surface area contributed by atoms with Gasteiger partial charge in [-0.15, -0.1) is 0 Å². The molecule has 0 aliphatic carbocycles. The van der Waals surface area contributed by atoms with Crippen LogP contribution in [0.3, 0.4) is 0 Å². The van der Waals surface area contributed by atoms with E-state index in [0.29, 0.717) is 0 Å². The lowest BCUT2D eigenvalue weighted by atomic mass is 10.2. The number of hydrogen-bond acceptors (Lipinski definition) is 1. The topological polar surface area (TPSA) is 28.7 Å². The molecule has 1 N–H and O–H groups in total. The van der Waals surface area contributed by atoms with Gasteiger partial charge in [0.25, 0.3) is 0 Å². The van der Waals surface area contributed by atoms with E-state index in [4.69, 9.17) is 0 Å².